The Morgan fingerprint density at radius 2 is 1.68 bits per heavy atom. The third kappa shape index (κ3) is 3.50. The highest BCUT2D eigenvalue weighted by molar-refractivity contribution is 5.82. The van der Waals surface area contributed by atoms with Crippen LogP contribution in [0.3, 0.4) is 0 Å². The van der Waals surface area contributed by atoms with Gasteiger partial charge in [0.25, 0.3) is 0 Å². The van der Waals surface area contributed by atoms with Crippen LogP contribution in [0.25, 0.3) is 0 Å². The molecule has 3 rings (SSSR count). The third-order valence-corrected chi connectivity index (χ3v) is 4.74. The van der Waals surface area contributed by atoms with Gasteiger partial charge in [-0.05, 0) is 18.1 Å². The predicted molar refractivity (Wildman–Crippen MR) is 94.7 cm³/mol. The largest absolute Gasteiger partial charge is 0.469 e. The van der Waals surface area contributed by atoms with E-state index < -0.39 is 12.0 Å². The first-order chi connectivity index (χ1) is 12.1. The molecule has 1 saturated heterocycles. The summed E-state index contributed by atoms with van der Waals surface area (Å²) < 4.78 is 5.03. The Bertz CT molecular complexity index is 733. The second-order valence-corrected chi connectivity index (χ2v) is 6.24. The van der Waals surface area contributed by atoms with E-state index in [9.17, 15) is 9.59 Å². The van der Waals surface area contributed by atoms with Gasteiger partial charge in [-0.1, -0.05) is 60.7 Å². The zero-order chi connectivity index (χ0) is 17.8. The van der Waals surface area contributed by atoms with Gasteiger partial charge in [-0.25, -0.2) is 4.79 Å². The molecule has 5 heteroatoms. The Morgan fingerprint density at radius 1 is 1.08 bits per heavy atom. The van der Waals surface area contributed by atoms with Gasteiger partial charge < -0.3 is 15.0 Å². The van der Waals surface area contributed by atoms with Crippen molar-refractivity contribution in [2.24, 2.45) is 5.92 Å². The highest BCUT2D eigenvalue weighted by Gasteiger charge is 2.44. The number of ether oxygens (including phenoxy) is 1. The van der Waals surface area contributed by atoms with Gasteiger partial charge in [0.2, 0.25) is 0 Å². The van der Waals surface area contributed by atoms with Crippen molar-refractivity contribution in [3.63, 3.8) is 0 Å². The maximum Gasteiger partial charge on any atom is 0.318 e. The Labute approximate surface area is 147 Å². The van der Waals surface area contributed by atoms with Crippen molar-refractivity contribution in [1.29, 1.82) is 0 Å². The fourth-order valence-corrected chi connectivity index (χ4v) is 3.38. The minimum Gasteiger partial charge on any atom is -0.469 e. The lowest BCUT2D eigenvalue weighted by Crippen LogP contribution is -2.59. The Morgan fingerprint density at radius 3 is 2.28 bits per heavy atom. The molecule has 0 aliphatic carbocycles. The molecule has 2 amide bonds. The van der Waals surface area contributed by atoms with Crippen molar-refractivity contribution in [3.05, 3.63) is 71.8 Å². The van der Waals surface area contributed by atoms with Gasteiger partial charge in [-0.2, -0.15) is 0 Å². The van der Waals surface area contributed by atoms with Gasteiger partial charge in [0.15, 0.2) is 0 Å². The van der Waals surface area contributed by atoms with E-state index in [2.05, 4.69) is 5.32 Å². The summed E-state index contributed by atoms with van der Waals surface area (Å²) in [5.74, 6) is -0.798. The van der Waals surface area contributed by atoms with Gasteiger partial charge in [0, 0.05) is 12.6 Å². The molecule has 2 aromatic carbocycles. The fraction of sp³-hybridized carbons (Fsp3) is 0.300. The van der Waals surface area contributed by atoms with E-state index in [0.29, 0.717) is 6.54 Å². The van der Waals surface area contributed by atoms with Crippen LogP contribution in [0.15, 0.2) is 60.7 Å². The van der Waals surface area contributed by atoms with Crippen molar-refractivity contribution < 1.29 is 14.3 Å². The van der Waals surface area contributed by atoms with Crippen LogP contribution in [0.2, 0.25) is 0 Å². The number of methoxy groups -OCH3 is 1. The molecule has 1 heterocycles. The summed E-state index contributed by atoms with van der Waals surface area (Å²) in [7, 11) is 1.38. The van der Waals surface area contributed by atoms with Crippen molar-refractivity contribution in [2.75, 3.05) is 7.11 Å². The van der Waals surface area contributed by atoms with Gasteiger partial charge in [-0.3, -0.25) is 4.79 Å². The molecule has 0 radical (unpaired) electrons. The SMILES string of the molecule is COC(=O)[C@H]1[C@@H](C)N(Cc2ccccc2)C(=O)N[C@H]1c1ccccc1. The number of nitrogens with one attached hydrogen (secondary N) is 1. The van der Waals surface area contributed by atoms with Crippen LogP contribution in [0, 0.1) is 5.92 Å². The monoisotopic (exact) mass is 338 g/mol. The predicted octanol–water partition coefficient (Wildman–Crippen LogP) is 3.13. The van der Waals surface area contributed by atoms with Crippen LogP contribution in [0.4, 0.5) is 4.79 Å². The van der Waals surface area contributed by atoms with E-state index in [4.69, 9.17) is 4.74 Å². The number of rotatable bonds is 4. The third-order valence-electron chi connectivity index (χ3n) is 4.74. The summed E-state index contributed by atoms with van der Waals surface area (Å²) in [6.07, 6.45) is 0. The van der Waals surface area contributed by atoms with E-state index in [1.165, 1.54) is 7.11 Å². The fourth-order valence-electron chi connectivity index (χ4n) is 3.38. The summed E-state index contributed by atoms with van der Waals surface area (Å²) >= 11 is 0. The topological polar surface area (TPSA) is 58.6 Å². The molecular weight excluding hydrogens is 316 g/mol. The molecule has 5 nitrogen and oxygen atoms in total. The number of carbonyl (C=O) groups excluding carboxylic acids is 2. The lowest BCUT2D eigenvalue weighted by molar-refractivity contribution is -0.149. The first-order valence-corrected chi connectivity index (χ1v) is 8.35. The lowest BCUT2D eigenvalue weighted by Gasteiger charge is -2.43. The quantitative estimate of drug-likeness (QED) is 0.872. The lowest BCUT2D eigenvalue weighted by atomic mass is 9.85. The highest BCUT2D eigenvalue weighted by atomic mass is 16.5. The molecule has 0 bridgehead atoms. The molecule has 0 saturated carbocycles. The molecule has 130 valence electrons. The zero-order valence-corrected chi connectivity index (χ0v) is 14.4. The maximum absolute atomic E-state index is 12.7. The molecule has 0 unspecified atom stereocenters. The molecular formula is C20H22N2O3. The second kappa shape index (κ2) is 7.38. The number of benzene rings is 2. The van der Waals surface area contributed by atoms with E-state index in [1.54, 1.807) is 4.90 Å². The van der Waals surface area contributed by atoms with Gasteiger partial charge in [-0.15, -0.1) is 0 Å². The Balaban J connectivity index is 1.90. The smallest absolute Gasteiger partial charge is 0.318 e. The maximum atomic E-state index is 12.7. The molecule has 1 N–H and O–H groups in total. The summed E-state index contributed by atoms with van der Waals surface area (Å²) in [4.78, 5) is 26.9. The molecule has 0 aromatic heterocycles. The molecule has 3 atom stereocenters. The number of esters is 1. The number of carbonyl (C=O) groups is 2. The minimum atomic E-state index is -0.478. The normalized spacial score (nSPS) is 23.0. The summed E-state index contributed by atoms with van der Waals surface area (Å²) in [6, 6.07) is 18.4. The van der Waals surface area contributed by atoms with Crippen molar-refractivity contribution >= 4 is 12.0 Å². The second-order valence-electron chi connectivity index (χ2n) is 6.24. The van der Waals surface area contributed by atoms with Crippen molar-refractivity contribution in [2.45, 2.75) is 25.6 Å². The standard InChI is InChI=1S/C20H22N2O3/c1-14-17(19(23)25-2)18(16-11-7-4-8-12-16)21-20(24)22(14)13-15-9-5-3-6-10-15/h3-12,14,17-18H,13H2,1-2H3,(H,21,24)/t14-,17+,18+/m1/s1. The average Bonchev–Trinajstić information content (AvgIpc) is 2.65. The number of urea groups is 1. The van der Waals surface area contributed by atoms with E-state index in [0.717, 1.165) is 11.1 Å². The van der Waals surface area contributed by atoms with Crippen LogP contribution in [-0.4, -0.2) is 30.1 Å². The molecule has 25 heavy (non-hydrogen) atoms. The summed E-state index contributed by atoms with van der Waals surface area (Å²) in [6.45, 7) is 2.35. The molecule has 1 aliphatic heterocycles. The molecule has 1 aliphatic rings. The first kappa shape index (κ1) is 17.0. The van der Waals surface area contributed by atoms with Crippen LogP contribution in [-0.2, 0) is 16.1 Å². The van der Waals surface area contributed by atoms with Crippen molar-refractivity contribution in [1.82, 2.24) is 10.2 Å². The van der Waals surface area contributed by atoms with E-state index in [1.807, 2.05) is 67.6 Å². The van der Waals surface area contributed by atoms with E-state index in [-0.39, 0.29) is 18.0 Å². The number of amides is 2. The van der Waals surface area contributed by atoms with Crippen molar-refractivity contribution in [3.8, 4) is 0 Å². The number of hydrogen-bond acceptors (Lipinski definition) is 3. The van der Waals surface area contributed by atoms with Gasteiger partial charge in [0.1, 0.15) is 5.92 Å². The van der Waals surface area contributed by atoms with Gasteiger partial charge in [0.05, 0.1) is 13.2 Å². The molecule has 1 fully saturated rings. The van der Waals surface area contributed by atoms with Crippen LogP contribution in [0.5, 0.6) is 0 Å². The van der Waals surface area contributed by atoms with Crippen LogP contribution < -0.4 is 5.32 Å². The van der Waals surface area contributed by atoms with Crippen LogP contribution >= 0.6 is 0 Å². The number of nitrogens with zero attached hydrogens (tertiary/aromatic N) is 1. The minimum absolute atomic E-state index is 0.176. The van der Waals surface area contributed by atoms with Gasteiger partial charge >= 0.3 is 12.0 Å². The summed E-state index contributed by atoms with van der Waals surface area (Å²) in [5, 5.41) is 2.98. The summed E-state index contributed by atoms with van der Waals surface area (Å²) in [5.41, 5.74) is 1.92. The Kier molecular flexibility index (Phi) is 5.03. The van der Waals surface area contributed by atoms with Crippen LogP contribution in [0.1, 0.15) is 24.1 Å². The average molecular weight is 338 g/mol. The Hall–Kier alpha value is -2.82. The first-order valence-electron chi connectivity index (χ1n) is 8.35. The molecule has 0 spiro atoms. The number of hydrogen-bond donors (Lipinski definition) is 1. The zero-order valence-electron chi connectivity index (χ0n) is 14.4. The van der Waals surface area contributed by atoms with E-state index >= 15 is 0 Å². The highest BCUT2D eigenvalue weighted by Crippen LogP contribution is 2.33. The molecule has 2 aromatic rings.